The highest BCUT2D eigenvalue weighted by Crippen LogP contribution is 2.12. The molecular formula is C14H31N3. The van der Waals surface area contributed by atoms with E-state index in [1.165, 1.54) is 45.6 Å². The summed E-state index contributed by atoms with van der Waals surface area (Å²) in [5, 5.41) is 3.62. The van der Waals surface area contributed by atoms with Crippen molar-refractivity contribution in [2.24, 2.45) is 5.92 Å². The molecule has 1 heterocycles. The van der Waals surface area contributed by atoms with Gasteiger partial charge in [-0.25, -0.2) is 0 Å². The Bertz CT molecular complexity index is 194. The van der Waals surface area contributed by atoms with Gasteiger partial charge < -0.3 is 10.2 Å². The molecule has 0 bridgehead atoms. The Balaban J connectivity index is 2.05. The van der Waals surface area contributed by atoms with E-state index in [1.54, 1.807) is 0 Å². The summed E-state index contributed by atoms with van der Waals surface area (Å²) < 4.78 is 0. The molecule has 0 aromatic carbocycles. The summed E-state index contributed by atoms with van der Waals surface area (Å²) in [4.78, 5) is 5.00. The minimum atomic E-state index is 0.675. The van der Waals surface area contributed by atoms with Gasteiger partial charge in [0.05, 0.1) is 0 Å². The van der Waals surface area contributed by atoms with Crippen LogP contribution >= 0.6 is 0 Å². The van der Waals surface area contributed by atoms with Gasteiger partial charge >= 0.3 is 0 Å². The van der Waals surface area contributed by atoms with Crippen LogP contribution < -0.4 is 5.32 Å². The Morgan fingerprint density at radius 1 is 1.35 bits per heavy atom. The van der Waals surface area contributed by atoms with Crippen LogP contribution in [0.2, 0.25) is 0 Å². The fourth-order valence-corrected chi connectivity index (χ4v) is 2.64. The molecule has 17 heavy (non-hydrogen) atoms. The number of hydrogen-bond donors (Lipinski definition) is 1. The van der Waals surface area contributed by atoms with E-state index < -0.39 is 0 Å². The maximum atomic E-state index is 3.62. The molecule has 1 aliphatic heterocycles. The van der Waals surface area contributed by atoms with E-state index >= 15 is 0 Å². The van der Waals surface area contributed by atoms with E-state index in [0.717, 1.165) is 12.5 Å². The van der Waals surface area contributed by atoms with Crippen molar-refractivity contribution in [3.8, 4) is 0 Å². The summed E-state index contributed by atoms with van der Waals surface area (Å²) in [6, 6.07) is 0.675. The second kappa shape index (κ2) is 8.06. The molecule has 0 spiro atoms. The largest absolute Gasteiger partial charge is 0.315 e. The van der Waals surface area contributed by atoms with Crippen molar-refractivity contribution in [2.75, 3.05) is 46.3 Å². The number of rotatable bonds is 8. The second-order valence-electron chi connectivity index (χ2n) is 5.75. The fraction of sp³-hybridized carbons (Fsp3) is 1.00. The predicted octanol–water partition coefficient (Wildman–Crippen LogP) is 1.65. The first-order chi connectivity index (χ1) is 8.13. The van der Waals surface area contributed by atoms with Crippen molar-refractivity contribution < 1.29 is 0 Å². The van der Waals surface area contributed by atoms with Crippen LogP contribution in [0.1, 0.15) is 33.6 Å². The monoisotopic (exact) mass is 241 g/mol. The van der Waals surface area contributed by atoms with Crippen molar-refractivity contribution in [3.63, 3.8) is 0 Å². The minimum Gasteiger partial charge on any atom is -0.315 e. The molecule has 1 atom stereocenters. The predicted molar refractivity (Wildman–Crippen MR) is 75.5 cm³/mol. The molecule has 1 aliphatic rings. The van der Waals surface area contributed by atoms with Crippen molar-refractivity contribution in [3.05, 3.63) is 0 Å². The Morgan fingerprint density at radius 3 is 2.65 bits per heavy atom. The number of hydrogen-bond acceptors (Lipinski definition) is 3. The highest BCUT2D eigenvalue weighted by atomic mass is 15.2. The van der Waals surface area contributed by atoms with Crippen molar-refractivity contribution in [2.45, 2.75) is 39.7 Å². The molecule has 3 nitrogen and oxygen atoms in total. The lowest BCUT2D eigenvalue weighted by Gasteiger charge is -2.26. The third-order valence-electron chi connectivity index (χ3n) is 3.74. The molecule has 0 aromatic rings. The standard InChI is InChI=1S/C14H31N3/c1-5-8-17(13(2)3)10-7-15-11-14-6-9-16(4)12-14/h13-15H,5-12H2,1-4H3. The van der Waals surface area contributed by atoms with Gasteiger partial charge in [0.2, 0.25) is 0 Å². The lowest BCUT2D eigenvalue weighted by molar-refractivity contribution is 0.221. The van der Waals surface area contributed by atoms with E-state index in [9.17, 15) is 0 Å². The topological polar surface area (TPSA) is 18.5 Å². The normalized spacial score (nSPS) is 21.9. The third kappa shape index (κ3) is 5.84. The number of likely N-dealkylation sites (tertiary alicyclic amines) is 1. The fourth-order valence-electron chi connectivity index (χ4n) is 2.64. The van der Waals surface area contributed by atoms with Crippen molar-refractivity contribution in [1.29, 1.82) is 0 Å². The highest BCUT2D eigenvalue weighted by Gasteiger charge is 2.18. The SMILES string of the molecule is CCCN(CCNCC1CCN(C)C1)C(C)C. The Hall–Kier alpha value is -0.120. The molecule has 3 heteroatoms. The zero-order valence-electron chi connectivity index (χ0n) is 12.2. The molecule has 1 N–H and O–H groups in total. The van der Waals surface area contributed by atoms with Gasteiger partial charge in [-0.3, -0.25) is 4.90 Å². The molecule has 0 amide bonds. The maximum Gasteiger partial charge on any atom is 0.0110 e. The van der Waals surface area contributed by atoms with E-state index in [4.69, 9.17) is 0 Å². The lowest BCUT2D eigenvalue weighted by atomic mass is 10.1. The maximum absolute atomic E-state index is 3.62. The molecule has 0 saturated carbocycles. The smallest absolute Gasteiger partial charge is 0.0110 e. The average Bonchev–Trinajstić information content (AvgIpc) is 2.68. The van der Waals surface area contributed by atoms with Gasteiger partial charge in [0.15, 0.2) is 0 Å². The molecule has 1 rings (SSSR count). The van der Waals surface area contributed by atoms with Gasteiger partial charge in [-0.1, -0.05) is 6.92 Å². The summed E-state index contributed by atoms with van der Waals surface area (Å²) in [6.45, 7) is 14.1. The minimum absolute atomic E-state index is 0.675. The van der Waals surface area contributed by atoms with Crippen LogP contribution in [0.25, 0.3) is 0 Å². The summed E-state index contributed by atoms with van der Waals surface area (Å²) >= 11 is 0. The van der Waals surface area contributed by atoms with Gasteiger partial charge in [-0.2, -0.15) is 0 Å². The van der Waals surface area contributed by atoms with E-state index in [-0.39, 0.29) is 0 Å². The second-order valence-corrected chi connectivity index (χ2v) is 5.75. The molecule has 0 aromatic heterocycles. The first kappa shape index (κ1) is 14.9. The van der Waals surface area contributed by atoms with Gasteiger partial charge in [0.1, 0.15) is 0 Å². The zero-order valence-corrected chi connectivity index (χ0v) is 12.2. The van der Waals surface area contributed by atoms with Crippen LogP contribution in [0.5, 0.6) is 0 Å². The van der Waals surface area contributed by atoms with Crippen LogP contribution in [0.4, 0.5) is 0 Å². The Labute approximate surface area is 108 Å². The number of nitrogens with one attached hydrogen (secondary N) is 1. The summed E-state index contributed by atoms with van der Waals surface area (Å²) in [5.41, 5.74) is 0. The van der Waals surface area contributed by atoms with E-state index in [0.29, 0.717) is 6.04 Å². The molecule has 1 saturated heterocycles. The van der Waals surface area contributed by atoms with Crippen LogP contribution in [0, 0.1) is 5.92 Å². The lowest BCUT2D eigenvalue weighted by Crippen LogP contribution is -2.38. The van der Waals surface area contributed by atoms with Crippen LogP contribution in [0.15, 0.2) is 0 Å². The first-order valence-electron chi connectivity index (χ1n) is 7.26. The molecule has 1 fully saturated rings. The zero-order chi connectivity index (χ0) is 12.7. The van der Waals surface area contributed by atoms with Crippen LogP contribution in [-0.2, 0) is 0 Å². The molecular weight excluding hydrogens is 210 g/mol. The van der Waals surface area contributed by atoms with Crippen molar-refractivity contribution in [1.82, 2.24) is 15.1 Å². The third-order valence-corrected chi connectivity index (χ3v) is 3.74. The quantitative estimate of drug-likeness (QED) is 0.652. The van der Waals surface area contributed by atoms with Gasteiger partial charge in [0, 0.05) is 25.7 Å². The van der Waals surface area contributed by atoms with Crippen LogP contribution in [0.3, 0.4) is 0 Å². The molecule has 0 aliphatic carbocycles. The van der Waals surface area contributed by atoms with Crippen molar-refractivity contribution >= 4 is 0 Å². The Morgan fingerprint density at radius 2 is 2.12 bits per heavy atom. The number of nitrogens with zero attached hydrogens (tertiary/aromatic N) is 2. The summed E-state index contributed by atoms with van der Waals surface area (Å²) in [6.07, 6.45) is 2.62. The Kier molecular flexibility index (Phi) is 7.09. The summed E-state index contributed by atoms with van der Waals surface area (Å²) in [7, 11) is 2.22. The van der Waals surface area contributed by atoms with Gasteiger partial charge in [0.25, 0.3) is 0 Å². The van der Waals surface area contributed by atoms with E-state index in [1.807, 2.05) is 0 Å². The van der Waals surface area contributed by atoms with Gasteiger partial charge in [-0.05, 0) is 59.3 Å². The molecule has 0 radical (unpaired) electrons. The highest BCUT2D eigenvalue weighted by molar-refractivity contribution is 4.75. The molecule has 1 unspecified atom stereocenters. The van der Waals surface area contributed by atoms with Gasteiger partial charge in [-0.15, -0.1) is 0 Å². The average molecular weight is 241 g/mol. The van der Waals surface area contributed by atoms with E-state index in [2.05, 4.69) is 42.9 Å². The first-order valence-corrected chi connectivity index (χ1v) is 7.26. The molecule has 102 valence electrons. The summed E-state index contributed by atoms with van der Waals surface area (Å²) in [5.74, 6) is 0.874. The van der Waals surface area contributed by atoms with Crippen LogP contribution in [-0.4, -0.2) is 62.2 Å².